The molecule has 0 nitrogen and oxygen atoms in total. The van der Waals surface area contributed by atoms with Crippen molar-refractivity contribution in [1.29, 1.82) is 0 Å². The summed E-state index contributed by atoms with van der Waals surface area (Å²) < 4.78 is 1.26. The Labute approximate surface area is 101 Å². The Hall–Kier alpha value is 0.660. The van der Waals surface area contributed by atoms with Gasteiger partial charge in [-0.05, 0) is 46.1 Å². The first-order valence-electron chi connectivity index (χ1n) is 4.47. The largest absolute Gasteiger partial charge is 0.148 e. The first-order chi connectivity index (χ1) is 6.11. The van der Waals surface area contributed by atoms with Crippen LogP contribution < -0.4 is 0 Å². The minimum atomic E-state index is 0.640. The molecule has 1 atom stereocenters. The molecule has 74 valence electrons. The molecule has 0 aliphatic carbocycles. The van der Waals surface area contributed by atoms with Gasteiger partial charge in [0.25, 0.3) is 0 Å². The summed E-state index contributed by atoms with van der Waals surface area (Å²) in [6, 6.07) is 2.12. The monoisotopic (exact) mass is 324 g/mol. The molecule has 1 rings (SSSR count). The fourth-order valence-corrected chi connectivity index (χ4v) is 2.91. The summed E-state index contributed by atoms with van der Waals surface area (Å²) in [6.45, 7) is 4.51. The molecule has 0 amide bonds. The van der Waals surface area contributed by atoms with Crippen LogP contribution in [0.2, 0.25) is 0 Å². The van der Waals surface area contributed by atoms with Crippen LogP contribution in [0.25, 0.3) is 0 Å². The summed E-state index contributed by atoms with van der Waals surface area (Å²) in [4.78, 5) is 2.10. The van der Waals surface area contributed by atoms with Gasteiger partial charge in [0.15, 0.2) is 0 Å². The molecule has 1 aromatic rings. The van der Waals surface area contributed by atoms with E-state index in [4.69, 9.17) is 0 Å². The van der Waals surface area contributed by atoms with Gasteiger partial charge in [0.1, 0.15) is 0 Å². The fraction of sp³-hybridized carbons (Fsp3) is 0.600. The molecular formula is C10H14Br2S. The van der Waals surface area contributed by atoms with Crippen molar-refractivity contribution in [3.05, 3.63) is 20.8 Å². The van der Waals surface area contributed by atoms with Crippen LogP contribution >= 0.6 is 43.2 Å². The maximum atomic E-state index is 3.70. The van der Waals surface area contributed by atoms with Gasteiger partial charge in [0.05, 0.1) is 0 Å². The van der Waals surface area contributed by atoms with E-state index in [1.165, 1.54) is 22.2 Å². The van der Waals surface area contributed by atoms with E-state index in [1.807, 2.05) is 11.3 Å². The summed E-state index contributed by atoms with van der Waals surface area (Å²) in [5.41, 5.74) is 0. The highest BCUT2D eigenvalue weighted by molar-refractivity contribution is 9.10. The number of aryl methyl sites for hydroxylation is 1. The third-order valence-electron chi connectivity index (χ3n) is 2.06. The number of alkyl halides is 1. The number of rotatable bonds is 4. The molecular weight excluding hydrogens is 312 g/mol. The third-order valence-corrected chi connectivity index (χ3v) is 5.56. The second-order valence-electron chi connectivity index (χ2n) is 3.49. The minimum Gasteiger partial charge on any atom is -0.148 e. The molecule has 3 heteroatoms. The van der Waals surface area contributed by atoms with E-state index >= 15 is 0 Å². The third kappa shape index (κ3) is 3.72. The minimum absolute atomic E-state index is 0.640. The highest BCUT2D eigenvalue weighted by Gasteiger charge is 2.10. The van der Waals surface area contributed by atoms with Crippen LogP contribution in [0.3, 0.4) is 0 Å². The standard InChI is InChI=1S/C10H14Br2S/c1-7(2)8(11)3-4-10-9(12)5-6-13-10/h5-8H,3-4H2,1-2H3. The summed E-state index contributed by atoms with van der Waals surface area (Å²) in [7, 11) is 0. The number of hydrogen-bond donors (Lipinski definition) is 0. The first kappa shape index (κ1) is 11.7. The van der Waals surface area contributed by atoms with Crippen LogP contribution in [0.4, 0.5) is 0 Å². The Kier molecular flexibility index (Phi) is 4.98. The van der Waals surface area contributed by atoms with Crippen molar-refractivity contribution >= 4 is 43.2 Å². The van der Waals surface area contributed by atoms with Gasteiger partial charge in [-0.15, -0.1) is 11.3 Å². The summed E-state index contributed by atoms with van der Waals surface area (Å²) in [5, 5.41) is 2.14. The van der Waals surface area contributed by atoms with Gasteiger partial charge in [-0.2, -0.15) is 0 Å². The lowest BCUT2D eigenvalue weighted by Crippen LogP contribution is -2.07. The van der Waals surface area contributed by atoms with Crippen LogP contribution in [0.5, 0.6) is 0 Å². The zero-order valence-electron chi connectivity index (χ0n) is 7.89. The van der Waals surface area contributed by atoms with Gasteiger partial charge in [-0.1, -0.05) is 29.8 Å². The predicted octanol–water partition coefficient (Wildman–Crippen LogP) is 4.86. The normalized spacial score (nSPS) is 13.6. The molecule has 1 unspecified atom stereocenters. The van der Waals surface area contributed by atoms with E-state index in [0.29, 0.717) is 4.83 Å². The van der Waals surface area contributed by atoms with Gasteiger partial charge < -0.3 is 0 Å². The molecule has 0 spiro atoms. The molecule has 0 aliphatic heterocycles. The Morgan fingerprint density at radius 2 is 2.15 bits per heavy atom. The lowest BCUT2D eigenvalue weighted by Gasteiger charge is -2.12. The van der Waals surface area contributed by atoms with Gasteiger partial charge >= 0.3 is 0 Å². The van der Waals surface area contributed by atoms with Gasteiger partial charge in [-0.3, -0.25) is 0 Å². The lowest BCUT2D eigenvalue weighted by molar-refractivity contribution is 0.583. The van der Waals surface area contributed by atoms with Gasteiger partial charge in [0, 0.05) is 14.2 Å². The number of halogens is 2. The van der Waals surface area contributed by atoms with Crippen LogP contribution in [-0.4, -0.2) is 4.83 Å². The van der Waals surface area contributed by atoms with E-state index in [-0.39, 0.29) is 0 Å². The average Bonchev–Trinajstić information content (AvgIpc) is 2.47. The predicted molar refractivity (Wildman–Crippen MR) is 67.9 cm³/mol. The highest BCUT2D eigenvalue weighted by atomic mass is 79.9. The number of thiophene rings is 1. The topological polar surface area (TPSA) is 0 Å². The van der Waals surface area contributed by atoms with Crippen molar-refractivity contribution in [3.63, 3.8) is 0 Å². The van der Waals surface area contributed by atoms with Crippen molar-refractivity contribution in [2.45, 2.75) is 31.5 Å². The molecule has 0 fully saturated rings. The Balaban J connectivity index is 2.39. The van der Waals surface area contributed by atoms with Crippen molar-refractivity contribution in [3.8, 4) is 0 Å². The molecule has 1 heterocycles. The zero-order valence-corrected chi connectivity index (χ0v) is 11.9. The van der Waals surface area contributed by atoms with Gasteiger partial charge in [-0.25, -0.2) is 0 Å². The maximum absolute atomic E-state index is 3.70. The van der Waals surface area contributed by atoms with Crippen molar-refractivity contribution in [2.24, 2.45) is 5.92 Å². The second kappa shape index (κ2) is 5.52. The van der Waals surface area contributed by atoms with E-state index in [1.54, 1.807) is 0 Å². The zero-order chi connectivity index (χ0) is 9.84. The Bertz CT molecular complexity index is 255. The summed E-state index contributed by atoms with van der Waals surface area (Å²) >= 11 is 9.09. The number of hydrogen-bond acceptors (Lipinski definition) is 1. The molecule has 0 saturated carbocycles. The van der Waals surface area contributed by atoms with Crippen molar-refractivity contribution in [2.75, 3.05) is 0 Å². The molecule has 0 aromatic carbocycles. The Morgan fingerprint density at radius 3 is 2.62 bits per heavy atom. The quantitative estimate of drug-likeness (QED) is 0.693. The fourth-order valence-electron chi connectivity index (χ4n) is 1.11. The summed E-state index contributed by atoms with van der Waals surface area (Å²) in [6.07, 6.45) is 2.39. The van der Waals surface area contributed by atoms with Crippen LogP contribution in [0.15, 0.2) is 15.9 Å². The van der Waals surface area contributed by atoms with Gasteiger partial charge in [0.2, 0.25) is 0 Å². The molecule has 0 saturated heterocycles. The molecule has 0 bridgehead atoms. The van der Waals surface area contributed by atoms with E-state index in [0.717, 1.165) is 5.92 Å². The molecule has 0 N–H and O–H groups in total. The van der Waals surface area contributed by atoms with Crippen molar-refractivity contribution in [1.82, 2.24) is 0 Å². The maximum Gasteiger partial charge on any atom is 0.0314 e. The van der Waals surface area contributed by atoms with Crippen LogP contribution in [0.1, 0.15) is 25.1 Å². The van der Waals surface area contributed by atoms with Crippen LogP contribution in [0, 0.1) is 5.92 Å². The molecule has 0 aliphatic rings. The van der Waals surface area contributed by atoms with E-state index in [2.05, 4.69) is 57.2 Å². The average molecular weight is 326 g/mol. The van der Waals surface area contributed by atoms with E-state index in [9.17, 15) is 0 Å². The van der Waals surface area contributed by atoms with Crippen molar-refractivity contribution < 1.29 is 0 Å². The second-order valence-corrected chi connectivity index (χ2v) is 6.52. The smallest absolute Gasteiger partial charge is 0.0314 e. The molecule has 13 heavy (non-hydrogen) atoms. The Morgan fingerprint density at radius 1 is 1.46 bits per heavy atom. The first-order valence-corrected chi connectivity index (χ1v) is 7.06. The SMILES string of the molecule is CC(C)C(Br)CCc1sccc1Br. The molecule has 1 aromatic heterocycles. The molecule has 0 radical (unpaired) electrons. The summed E-state index contributed by atoms with van der Waals surface area (Å²) in [5.74, 6) is 0.721. The highest BCUT2D eigenvalue weighted by Crippen LogP contribution is 2.26. The lowest BCUT2D eigenvalue weighted by atomic mass is 10.1. The van der Waals surface area contributed by atoms with Crippen LogP contribution in [-0.2, 0) is 6.42 Å². The van der Waals surface area contributed by atoms with E-state index < -0.39 is 0 Å².